The van der Waals surface area contributed by atoms with Crippen LogP contribution in [0.1, 0.15) is 69.6 Å². The molecule has 7 heteroatoms. The van der Waals surface area contributed by atoms with Gasteiger partial charge in [0.15, 0.2) is 0 Å². The van der Waals surface area contributed by atoms with Crippen molar-refractivity contribution < 1.29 is 19.2 Å². The summed E-state index contributed by atoms with van der Waals surface area (Å²) in [6.07, 6.45) is 4.68. The van der Waals surface area contributed by atoms with Crippen molar-refractivity contribution >= 4 is 29.3 Å². The molecule has 160 valence electrons. The van der Waals surface area contributed by atoms with Crippen LogP contribution in [-0.2, 0) is 4.79 Å². The maximum absolute atomic E-state index is 12.6. The fourth-order valence-corrected chi connectivity index (χ4v) is 4.18. The van der Waals surface area contributed by atoms with Crippen molar-refractivity contribution in [1.82, 2.24) is 10.2 Å². The molecule has 0 bridgehead atoms. The van der Waals surface area contributed by atoms with Gasteiger partial charge < -0.3 is 10.6 Å². The van der Waals surface area contributed by atoms with Gasteiger partial charge >= 0.3 is 0 Å². The minimum Gasteiger partial charge on any atom is -0.349 e. The fourth-order valence-electron chi connectivity index (χ4n) is 4.18. The van der Waals surface area contributed by atoms with E-state index in [-0.39, 0.29) is 42.6 Å². The number of hydrogen-bond donors (Lipinski definition) is 2. The number of rotatable bonds is 7. The maximum atomic E-state index is 12.6. The molecule has 4 amide bonds. The van der Waals surface area contributed by atoms with Crippen molar-refractivity contribution in [3.05, 3.63) is 65.2 Å². The Balaban J connectivity index is 1.31. The molecular formula is C24H25N3O4. The summed E-state index contributed by atoms with van der Waals surface area (Å²) >= 11 is 0. The van der Waals surface area contributed by atoms with Crippen molar-refractivity contribution in [2.24, 2.45) is 0 Å². The van der Waals surface area contributed by atoms with E-state index in [2.05, 4.69) is 10.6 Å². The van der Waals surface area contributed by atoms with E-state index in [1.54, 1.807) is 48.5 Å². The van der Waals surface area contributed by atoms with Crippen molar-refractivity contribution in [1.29, 1.82) is 0 Å². The molecule has 2 aromatic carbocycles. The van der Waals surface area contributed by atoms with E-state index in [4.69, 9.17) is 0 Å². The Labute approximate surface area is 180 Å². The maximum Gasteiger partial charge on any atom is 0.261 e. The Morgan fingerprint density at radius 2 is 1.52 bits per heavy atom. The highest BCUT2D eigenvalue weighted by Gasteiger charge is 2.34. The lowest BCUT2D eigenvalue weighted by Crippen LogP contribution is -2.33. The predicted molar refractivity (Wildman–Crippen MR) is 116 cm³/mol. The molecule has 2 aromatic rings. The van der Waals surface area contributed by atoms with Gasteiger partial charge in [0.05, 0.1) is 22.4 Å². The van der Waals surface area contributed by atoms with Crippen LogP contribution in [0.25, 0.3) is 0 Å². The zero-order valence-corrected chi connectivity index (χ0v) is 17.2. The van der Waals surface area contributed by atoms with E-state index < -0.39 is 0 Å². The van der Waals surface area contributed by atoms with Crippen molar-refractivity contribution in [2.45, 2.75) is 44.6 Å². The van der Waals surface area contributed by atoms with Crippen LogP contribution in [0.4, 0.5) is 5.69 Å². The number of hydrogen-bond acceptors (Lipinski definition) is 4. The monoisotopic (exact) mass is 419 g/mol. The summed E-state index contributed by atoms with van der Waals surface area (Å²) in [4.78, 5) is 51.1. The predicted octanol–water partition coefficient (Wildman–Crippen LogP) is 3.37. The minimum atomic E-state index is -0.324. The normalized spacial score (nSPS) is 15.8. The molecule has 2 aliphatic rings. The Bertz CT molecular complexity index is 992. The third kappa shape index (κ3) is 4.50. The molecule has 7 nitrogen and oxygen atoms in total. The summed E-state index contributed by atoms with van der Waals surface area (Å²) in [5, 5.41) is 5.83. The van der Waals surface area contributed by atoms with Gasteiger partial charge in [-0.15, -0.1) is 0 Å². The SMILES string of the molecule is O=C(CCCN1C(=O)c2ccccc2C1=O)Nc1ccccc1C(=O)NC1CCCC1. The van der Waals surface area contributed by atoms with Gasteiger partial charge in [0.1, 0.15) is 0 Å². The van der Waals surface area contributed by atoms with Gasteiger partial charge in [-0.25, -0.2) is 0 Å². The number of nitrogens with one attached hydrogen (secondary N) is 2. The Kier molecular flexibility index (Phi) is 6.11. The van der Waals surface area contributed by atoms with Crippen LogP contribution < -0.4 is 10.6 Å². The smallest absolute Gasteiger partial charge is 0.261 e. The summed E-state index contributed by atoms with van der Waals surface area (Å²) in [6, 6.07) is 13.8. The molecule has 0 spiro atoms. The number of anilines is 1. The van der Waals surface area contributed by atoms with E-state index in [0.29, 0.717) is 28.8 Å². The molecule has 31 heavy (non-hydrogen) atoms. The zero-order chi connectivity index (χ0) is 21.8. The molecule has 0 unspecified atom stereocenters. The van der Waals surface area contributed by atoms with Crippen LogP contribution in [0.5, 0.6) is 0 Å². The molecule has 1 aliphatic carbocycles. The number of amides is 4. The summed E-state index contributed by atoms with van der Waals surface area (Å²) in [5.74, 6) is -1.10. The molecule has 1 saturated carbocycles. The van der Waals surface area contributed by atoms with E-state index in [9.17, 15) is 19.2 Å². The molecule has 1 aliphatic heterocycles. The van der Waals surface area contributed by atoms with Crippen LogP contribution in [-0.4, -0.2) is 41.1 Å². The lowest BCUT2D eigenvalue weighted by Gasteiger charge is -2.16. The first-order valence-corrected chi connectivity index (χ1v) is 10.7. The first-order chi connectivity index (χ1) is 15.0. The van der Waals surface area contributed by atoms with Gasteiger partial charge in [0.25, 0.3) is 17.7 Å². The Hall–Kier alpha value is -3.48. The highest BCUT2D eigenvalue weighted by atomic mass is 16.2. The van der Waals surface area contributed by atoms with Gasteiger partial charge in [0.2, 0.25) is 5.91 Å². The molecule has 0 saturated heterocycles. The Morgan fingerprint density at radius 3 is 2.19 bits per heavy atom. The molecule has 0 atom stereocenters. The van der Waals surface area contributed by atoms with Crippen molar-refractivity contribution in [3.63, 3.8) is 0 Å². The topological polar surface area (TPSA) is 95.6 Å². The van der Waals surface area contributed by atoms with Gasteiger partial charge in [-0.1, -0.05) is 37.1 Å². The summed E-state index contributed by atoms with van der Waals surface area (Å²) in [7, 11) is 0. The molecular weight excluding hydrogens is 394 g/mol. The third-order valence-electron chi connectivity index (χ3n) is 5.80. The lowest BCUT2D eigenvalue weighted by atomic mass is 10.1. The van der Waals surface area contributed by atoms with E-state index in [1.165, 1.54) is 4.90 Å². The second kappa shape index (κ2) is 9.12. The molecule has 0 aromatic heterocycles. The molecule has 1 heterocycles. The second-order valence-corrected chi connectivity index (χ2v) is 7.96. The highest BCUT2D eigenvalue weighted by Crippen LogP contribution is 2.23. The van der Waals surface area contributed by atoms with E-state index in [1.807, 2.05) is 0 Å². The number of carbonyl (C=O) groups excluding carboxylic acids is 4. The third-order valence-corrected chi connectivity index (χ3v) is 5.80. The van der Waals surface area contributed by atoms with Crippen LogP contribution in [0.15, 0.2) is 48.5 Å². The zero-order valence-electron chi connectivity index (χ0n) is 17.2. The number of para-hydroxylation sites is 1. The van der Waals surface area contributed by atoms with Crippen LogP contribution >= 0.6 is 0 Å². The minimum absolute atomic E-state index is 0.131. The lowest BCUT2D eigenvalue weighted by molar-refractivity contribution is -0.116. The highest BCUT2D eigenvalue weighted by molar-refractivity contribution is 6.21. The van der Waals surface area contributed by atoms with Gasteiger partial charge in [-0.3, -0.25) is 24.1 Å². The van der Waals surface area contributed by atoms with Gasteiger partial charge in [-0.2, -0.15) is 0 Å². The van der Waals surface area contributed by atoms with Crippen LogP contribution in [0, 0.1) is 0 Å². The number of benzene rings is 2. The van der Waals surface area contributed by atoms with Crippen molar-refractivity contribution in [2.75, 3.05) is 11.9 Å². The second-order valence-electron chi connectivity index (χ2n) is 7.96. The quantitative estimate of drug-likeness (QED) is 0.673. The van der Waals surface area contributed by atoms with Crippen LogP contribution in [0.3, 0.4) is 0 Å². The number of nitrogens with zero attached hydrogens (tertiary/aromatic N) is 1. The van der Waals surface area contributed by atoms with E-state index in [0.717, 1.165) is 25.7 Å². The van der Waals surface area contributed by atoms with Crippen molar-refractivity contribution in [3.8, 4) is 0 Å². The first-order valence-electron chi connectivity index (χ1n) is 10.7. The standard InChI is InChI=1S/C24H25N3O4/c28-21(14-7-15-27-23(30)17-10-3-4-11-18(17)24(27)31)26-20-13-6-5-12-19(20)22(29)25-16-8-1-2-9-16/h3-6,10-13,16H,1-2,7-9,14-15H2,(H,25,29)(H,26,28). The van der Waals surface area contributed by atoms with E-state index >= 15 is 0 Å². The number of imide groups is 1. The fraction of sp³-hybridized carbons (Fsp3) is 0.333. The first kappa shape index (κ1) is 20.8. The molecule has 4 rings (SSSR count). The van der Waals surface area contributed by atoms with Crippen LogP contribution in [0.2, 0.25) is 0 Å². The summed E-state index contributed by atoms with van der Waals surface area (Å²) < 4.78 is 0. The molecule has 1 fully saturated rings. The number of carbonyl (C=O) groups is 4. The molecule has 0 radical (unpaired) electrons. The molecule has 2 N–H and O–H groups in total. The number of fused-ring (bicyclic) bond motifs is 1. The average molecular weight is 419 g/mol. The van der Waals surface area contributed by atoms with Gasteiger partial charge in [-0.05, 0) is 43.5 Å². The largest absolute Gasteiger partial charge is 0.349 e. The van der Waals surface area contributed by atoms with Gasteiger partial charge in [0, 0.05) is 19.0 Å². The average Bonchev–Trinajstić information content (AvgIpc) is 3.36. The summed E-state index contributed by atoms with van der Waals surface area (Å²) in [5.41, 5.74) is 1.70. The Morgan fingerprint density at radius 1 is 0.903 bits per heavy atom. The summed E-state index contributed by atoms with van der Waals surface area (Å²) in [6.45, 7) is 0.170.